The van der Waals surface area contributed by atoms with Crippen molar-refractivity contribution < 1.29 is 27.5 Å². The van der Waals surface area contributed by atoms with Crippen LogP contribution in [0.1, 0.15) is 31.1 Å². The standard InChI is InChI=1S/C17H19NO6S/c1-17(2,3)24-16(20)18-25(21,22)12-9-11-7-5-6-8-13(11)14(10-12)15(19)23-4/h5-10H,1-4H3,(H,18,20). The number of hydrogen-bond acceptors (Lipinski definition) is 6. The number of nitrogens with one attached hydrogen (secondary N) is 1. The van der Waals surface area contributed by atoms with E-state index in [-0.39, 0.29) is 10.5 Å². The van der Waals surface area contributed by atoms with Crippen molar-refractivity contribution in [2.45, 2.75) is 31.3 Å². The van der Waals surface area contributed by atoms with Crippen molar-refractivity contribution >= 4 is 32.9 Å². The lowest BCUT2D eigenvalue weighted by Gasteiger charge is -2.19. The molecule has 0 radical (unpaired) electrons. The third-order valence-corrected chi connectivity index (χ3v) is 4.46. The number of sulfonamides is 1. The lowest BCUT2D eigenvalue weighted by atomic mass is 10.0. The van der Waals surface area contributed by atoms with Crippen LogP contribution in [0.15, 0.2) is 41.3 Å². The molecule has 25 heavy (non-hydrogen) atoms. The lowest BCUT2D eigenvalue weighted by Crippen LogP contribution is -2.36. The number of esters is 1. The maximum absolute atomic E-state index is 12.5. The monoisotopic (exact) mass is 365 g/mol. The first-order valence-corrected chi connectivity index (χ1v) is 8.89. The number of ether oxygens (including phenoxy) is 2. The van der Waals surface area contributed by atoms with E-state index in [0.717, 1.165) is 0 Å². The molecule has 1 N–H and O–H groups in total. The molecular weight excluding hydrogens is 346 g/mol. The van der Waals surface area contributed by atoms with Gasteiger partial charge in [-0.3, -0.25) is 0 Å². The molecule has 0 spiro atoms. The zero-order valence-corrected chi connectivity index (χ0v) is 15.1. The number of fused-ring (bicyclic) bond motifs is 1. The van der Waals surface area contributed by atoms with E-state index in [9.17, 15) is 18.0 Å². The molecule has 2 aromatic carbocycles. The van der Waals surface area contributed by atoms with Gasteiger partial charge >= 0.3 is 12.1 Å². The van der Waals surface area contributed by atoms with Gasteiger partial charge in [0.1, 0.15) is 5.60 Å². The molecule has 0 atom stereocenters. The van der Waals surface area contributed by atoms with E-state index in [1.54, 1.807) is 45.0 Å². The molecule has 0 saturated carbocycles. The minimum absolute atomic E-state index is 0.0881. The molecule has 0 unspecified atom stereocenters. The number of amides is 1. The van der Waals surface area contributed by atoms with Crippen LogP contribution in [-0.2, 0) is 19.5 Å². The quantitative estimate of drug-likeness (QED) is 0.840. The van der Waals surface area contributed by atoms with Crippen molar-refractivity contribution in [3.63, 3.8) is 0 Å². The summed E-state index contributed by atoms with van der Waals surface area (Å²) >= 11 is 0. The zero-order chi connectivity index (χ0) is 18.8. The van der Waals surface area contributed by atoms with E-state index in [1.165, 1.54) is 19.2 Å². The number of rotatable bonds is 3. The molecule has 0 fully saturated rings. The fourth-order valence-electron chi connectivity index (χ4n) is 2.18. The topological polar surface area (TPSA) is 98.8 Å². The van der Waals surface area contributed by atoms with Gasteiger partial charge < -0.3 is 9.47 Å². The Bertz CT molecular complexity index is 928. The van der Waals surface area contributed by atoms with E-state index in [0.29, 0.717) is 10.8 Å². The molecule has 134 valence electrons. The molecule has 0 heterocycles. The number of benzene rings is 2. The summed E-state index contributed by atoms with van der Waals surface area (Å²) in [5.41, 5.74) is -0.759. The highest BCUT2D eigenvalue weighted by atomic mass is 32.2. The number of carbonyl (C=O) groups excluding carboxylic acids is 2. The summed E-state index contributed by atoms with van der Waals surface area (Å²) in [5.74, 6) is -0.675. The van der Waals surface area contributed by atoms with Crippen LogP contribution in [0, 0.1) is 0 Å². The van der Waals surface area contributed by atoms with Gasteiger partial charge in [-0.1, -0.05) is 24.3 Å². The fraction of sp³-hybridized carbons (Fsp3) is 0.294. The third kappa shape index (κ3) is 4.48. The number of hydrogen-bond donors (Lipinski definition) is 1. The molecule has 0 aliphatic carbocycles. The third-order valence-electron chi connectivity index (χ3n) is 3.17. The molecule has 0 aromatic heterocycles. The maximum Gasteiger partial charge on any atom is 0.421 e. The van der Waals surface area contributed by atoms with Gasteiger partial charge in [0.15, 0.2) is 0 Å². The van der Waals surface area contributed by atoms with E-state index < -0.39 is 27.7 Å². The summed E-state index contributed by atoms with van der Waals surface area (Å²) in [5, 5.41) is 1.07. The average Bonchev–Trinajstić information content (AvgIpc) is 2.50. The molecule has 2 rings (SSSR count). The largest absolute Gasteiger partial charge is 0.465 e. The zero-order valence-electron chi connectivity index (χ0n) is 14.3. The average molecular weight is 365 g/mol. The Morgan fingerprint density at radius 2 is 1.72 bits per heavy atom. The van der Waals surface area contributed by atoms with Gasteiger partial charge in [0.25, 0.3) is 10.0 Å². The minimum atomic E-state index is -4.22. The van der Waals surface area contributed by atoms with Crippen LogP contribution in [0.25, 0.3) is 10.8 Å². The second kappa shape index (κ2) is 6.72. The van der Waals surface area contributed by atoms with Gasteiger partial charge in [0, 0.05) is 0 Å². The summed E-state index contributed by atoms with van der Waals surface area (Å²) in [6, 6.07) is 9.31. The Hall–Kier alpha value is -2.61. The lowest BCUT2D eigenvalue weighted by molar-refractivity contribution is 0.0567. The van der Waals surface area contributed by atoms with Crippen LogP contribution in [0.4, 0.5) is 4.79 Å². The van der Waals surface area contributed by atoms with Crippen LogP contribution in [0.5, 0.6) is 0 Å². The van der Waals surface area contributed by atoms with Crippen LogP contribution in [0.3, 0.4) is 0 Å². The van der Waals surface area contributed by atoms with E-state index >= 15 is 0 Å². The van der Waals surface area contributed by atoms with Crippen molar-refractivity contribution in [3.8, 4) is 0 Å². The van der Waals surface area contributed by atoms with E-state index in [1.807, 2.05) is 4.72 Å². The summed E-state index contributed by atoms with van der Waals surface area (Å²) in [4.78, 5) is 23.5. The molecule has 0 aliphatic rings. The number of methoxy groups -OCH3 is 1. The van der Waals surface area contributed by atoms with Crippen LogP contribution < -0.4 is 4.72 Å². The Balaban J connectivity index is 2.49. The molecule has 7 nitrogen and oxygen atoms in total. The predicted octanol–water partition coefficient (Wildman–Crippen LogP) is 2.84. The van der Waals surface area contributed by atoms with Gasteiger partial charge in [0.2, 0.25) is 0 Å². The molecule has 2 aromatic rings. The SMILES string of the molecule is COC(=O)c1cc(S(=O)(=O)NC(=O)OC(C)(C)C)cc2ccccc12. The van der Waals surface area contributed by atoms with Crippen molar-refractivity contribution in [2.24, 2.45) is 0 Å². The Morgan fingerprint density at radius 3 is 2.32 bits per heavy atom. The van der Waals surface area contributed by atoms with Crippen molar-refractivity contribution in [1.82, 2.24) is 4.72 Å². The first kappa shape index (κ1) is 18.7. The van der Waals surface area contributed by atoms with Crippen LogP contribution in [0.2, 0.25) is 0 Å². The smallest absolute Gasteiger partial charge is 0.421 e. The van der Waals surface area contributed by atoms with Gasteiger partial charge in [-0.15, -0.1) is 0 Å². The molecule has 0 saturated heterocycles. The summed E-state index contributed by atoms with van der Waals surface area (Å²) in [6.45, 7) is 4.85. The second-order valence-electron chi connectivity index (χ2n) is 6.29. The highest BCUT2D eigenvalue weighted by Crippen LogP contribution is 2.24. The second-order valence-corrected chi connectivity index (χ2v) is 7.97. The fourth-order valence-corrected chi connectivity index (χ4v) is 3.12. The van der Waals surface area contributed by atoms with Crippen LogP contribution >= 0.6 is 0 Å². The molecule has 1 amide bonds. The summed E-state index contributed by atoms with van der Waals surface area (Å²) < 4.78 is 36.5. The van der Waals surface area contributed by atoms with Crippen LogP contribution in [-0.4, -0.2) is 33.2 Å². The maximum atomic E-state index is 12.5. The first-order chi connectivity index (χ1) is 11.5. The Morgan fingerprint density at radius 1 is 1.08 bits per heavy atom. The highest BCUT2D eigenvalue weighted by molar-refractivity contribution is 7.90. The van der Waals surface area contributed by atoms with Gasteiger partial charge in [-0.25, -0.2) is 22.7 Å². The molecular formula is C17H19NO6S. The van der Waals surface area contributed by atoms with Crippen molar-refractivity contribution in [2.75, 3.05) is 7.11 Å². The normalized spacial score (nSPS) is 11.8. The first-order valence-electron chi connectivity index (χ1n) is 7.40. The highest BCUT2D eigenvalue weighted by Gasteiger charge is 2.25. The molecule has 0 bridgehead atoms. The van der Waals surface area contributed by atoms with Crippen molar-refractivity contribution in [3.05, 3.63) is 42.0 Å². The Labute approximate surface area is 146 Å². The molecule has 8 heteroatoms. The Kier molecular flexibility index (Phi) is 5.03. The number of carbonyl (C=O) groups is 2. The van der Waals surface area contributed by atoms with E-state index in [4.69, 9.17) is 9.47 Å². The van der Waals surface area contributed by atoms with Gasteiger partial charge in [-0.2, -0.15) is 0 Å². The minimum Gasteiger partial charge on any atom is -0.465 e. The summed E-state index contributed by atoms with van der Waals surface area (Å²) in [7, 11) is -3.01. The van der Waals surface area contributed by atoms with Crippen molar-refractivity contribution in [1.29, 1.82) is 0 Å². The van der Waals surface area contributed by atoms with Gasteiger partial charge in [-0.05, 0) is 43.7 Å². The van der Waals surface area contributed by atoms with Gasteiger partial charge in [0.05, 0.1) is 17.6 Å². The van der Waals surface area contributed by atoms with E-state index in [2.05, 4.69) is 0 Å². The summed E-state index contributed by atoms with van der Waals surface area (Å²) in [6.07, 6.45) is -1.10. The predicted molar refractivity (Wildman–Crippen MR) is 91.8 cm³/mol. The molecule has 0 aliphatic heterocycles.